The van der Waals surface area contributed by atoms with Gasteiger partial charge in [-0.15, -0.1) is 0 Å². The van der Waals surface area contributed by atoms with Crippen molar-refractivity contribution in [2.45, 2.75) is 6.92 Å². The molecule has 2 N–H and O–H groups in total. The highest BCUT2D eigenvalue weighted by Gasteiger charge is 2.25. The van der Waals surface area contributed by atoms with E-state index in [1.807, 2.05) is 31.2 Å². The largest absolute Gasteiger partial charge is 0.496 e. The van der Waals surface area contributed by atoms with Gasteiger partial charge in [-0.25, -0.2) is 10.2 Å². The average molecular weight is 598 g/mol. The molecule has 0 atom stereocenters. The summed E-state index contributed by atoms with van der Waals surface area (Å²) in [5.74, 6) is 0.686. The number of hydrazone groups is 1. The standard InChI is InChI=1S/C33H28ClN3O6/c1-4-42-27-18-20(14-15-24(27)43-33(39)21-10-6-5-7-11-21)19-35-37-32(38)31-28(22-12-8-9-13-23(22)34)29-25(40-2)16-17-26(41-3)30(29)36-31/h5-19,36H,4H2,1-3H3,(H,37,38). The molecule has 9 nitrogen and oxygen atoms in total. The monoisotopic (exact) mass is 597 g/mol. The maximum absolute atomic E-state index is 13.5. The van der Waals surface area contributed by atoms with E-state index in [9.17, 15) is 9.59 Å². The lowest BCUT2D eigenvalue weighted by Gasteiger charge is -2.11. The number of rotatable bonds is 10. The van der Waals surface area contributed by atoms with Gasteiger partial charge in [0, 0.05) is 16.1 Å². The summed E-state index contributed by atoms with van der Waals surface area (Å²) in [6.07, 6.45) is 1.46. The van der Waals surface area contributed by atoms with Crippen LogP contribution in [0.25, 0.3) is 22.0 Å². The highest BCUT2D eigenvalue weighted by atomic mass is 35.5. The van der Waals surface area contributed by atoms with Crippen LogP contribution in [0.4, 0.5) is 0 Å². The third-order valence-electron chi connectivity index (χ3n) is 6.55. The number of methoxy groups -OCH3 is 2. The number of carbonyl (C=O) groups excluding carboxylic acids is 2. The molecular weight excluding hydrogens is 570 g/mol. The number of aromatic nitrogens is 1. The number of halogens is 1. The minimum Gasteiger partial charge on any atom is -0.496 e. The van der Waals surface area contributed by atoms with E-state index in [1.54, 1.807) is 74.9 Å². The number of H-pyrrole nitrogens is 1. The molecule has 0 aliphatic rings. The van der Waals surface area contributed by atoms with Crippen molar-refractivity contribution in [3.63, 3.8) is 0 Å². The van der Waals surface area contributed by atoms with Crippen LogP contribution in [0.15, 0.2) is 90.0 Å². The molecule has 0 radical (unpaired) electrons. The molecular formula is C33H28ClN3O6. The van der Waals surface area contributed by atoms with Gasteiger partial charge in [0.1, 0.15) is 17.2 Å². The lowest BCUT2D eigenvalue weighted by molar-refractivity contribution is 0.0728. The van der Waals surface area contributed by atoms with E-state index in [0.717, 1.165) is 0 Å². The molecule has 0 fully saturated rings. The number of benzene rings is 4. The van der Waals surface area contributed by atoms with Crippen LogP contribution in [0.5, 0.6) is 23.0 Å². The zero-order valence-electron chi connectivity index (χ0n) is 23.6. The Bertz CT molecular complexity index is 1820. The van der Waals surface area contributed by atoms with E-state index in [2.05, 4.69) is 15.5 Å². The summed E-state index contributed by atoms with van der Waals surface area (Å²) >= 11 is 6.58. The number of aromatic amines is 1. The van der Waals surface area contributed by atoms with Crippen molar-refractivity contribution in [1.29, 1.82) is 0 Å². The summed E-state index contributed by atoms with van der Waals surface area (Å²) in [4.78, 5) is 29.3. The molecule has 10 heteroatoms. The Kier molecular flexibility index (Phi) is 8.93. The Morgan fingerprint density at radius 2 is 1.58 bits per heavy atom. The molecule has 0 aliphatic heterocycles. The zero-order chi connectivity index (χ0) is 30.3. The number of fused-ring (bicyclic) bond motifs is 1. The molecule has 5 rings (SSSR count). The predicted octanol–water partition coefficient (Wildman–Crippen LogP) is 6.89. The fraction of sp³-hybridized carbons (Fsp3) is 0.121. The number of hydrogen-bond donors (Lipinski definition) is 2. The number of carbonyl (C=O) groups is 2. The summed E-state index contributed by atoms with van der Waals surface area (Å²) in [5, 5.41) is 5.27. The third kappa shape index (κ3) is 6.17. The Balaban J connectivity index is 1.44. The topological polar surface area (TPSA) is 111 Å². The van der Waals surface area contributed by atoms with E-state index in [1.165, 1.54) is 6.21 Å². The van der Waals surface area contributed by atoms with Gasteiger partial charge >= 0.3 is 5.97 Å². The molecule has 1 heterocycles. The van der Waals surface area contributed by atoms with Gasteiger partial charge in [0.05, 0.1) is 43.5 Å². The summed E-state index contributed by atoms with van der Waals surface area (Å²) < 4.78 is 22.4. The molecule has 0 saturated heterocycles. The molecule has 1 amide bonds. The van der Waals surface area contributed by atoms with Crippen LogP contribution in [-0.4, -0.2) is 43.9 Å². The average Bonchev–Trinajstić information content (AvgIpc) is 3.43. The fourth-order valence-electron chi connectivity index (χ4n) is 4.60. The first-order valence-electron chi connectivity index (χ1n) is 13.3. The van der Waals surface area contributed by atoms with Crippen molar-refractivity contribution in [2.75, 3.05) is 20.8 Å². The zero-order valence-corrected chi connectivity index (χ0v) is 24.4. The maximum Gasteiger partial charge on any atom is 0.343 e. The van der Waals surface area contributed by atoms with Crippen LogP contribution in [0.1, 0.15) is 33.3 Å². The van der Waals surface area contributed by atoms with E-state index >= 15 is 0 Å². The molecule has 0 unspecified atom stereocenters. The lowest BCUT2D eigenvalue weighted by Crippen LogP contribution is -2.19. The SMILES string of the molecule is CCOc1cc(C=NNC(=O)c2[nH]c3c(OC)ccc(OC)c3c2-c2ccccc2Cl)ccc1OC(=O)c1ccccc1. The second-order valence-corrected chi connectivity index (χ2v) is 9.58. The first-order valence-corrected chi connectivity index (χ1v) is 13.7. The molecule has 5 aromatic rings. The maximum atomic E-state index is 13.5. The Labute approximate surface area is 253 Å². The van der Waals surface area contributed by atoms with E-state index in [-0.39, 0.29) is 11.4 Å². The molecule has 218 valence electrons. The van der Waals surface area contributed by atoms with Crippen LogP contribution in [0.3, 0.4) is 0 Å². The molecule has 0 spiro atoms. The van der Waals surface area contributed by atoms with Gasteiger partial charge in [0.15, 0.2) is 11.5 Å². The van der Waals surface area contributed by atoms with Gasteiger partial charge in [-0.1, -0.05) is 48.0 Å². The van der Waals surface area contributed by atoms with Crippen molar-refractivity contribution >= 4 is 40.6 Å². The molecule has 1 aromatic heterocycles. The number of nitrogens with one attached hydrogen (secondary N) is 2. The molecule has 43 heavy (non-hydrogen) atoms. The van der Waals surface area contributed by atoms with E-state index < -0.39 is 11.9 Å². The summed E-state index contributed by atoms with van der Waals surface area (Å²) in [6.45, 7) is 2.18. The van der Waals surface area contributed by atoms with Crippen LogP contribution in [-0.2, 0) is 0 Å². The van der Waals surface area contributed by atoms with Crippen molar-refractivity contribution in [1.82, 2.24) is 10.4 Å². The quantitative estimate of drug-likeness (QED) is 0.0785. The number of amides is 1. The summed E-state index contributed by atoms with van der Waals surface area (Å²) in [7, 11) is 3.10. The third-order valence-corrected chi connectivity index (χ3v) is 6.88. The van der Waals surface area contributed by atoms with Crippen LogP contribution < -0.4 is 24.4 Å². The first kappa shape index (κ1) is 29.2. The highest BCUT2D eigenvalue weighted by molar-refractivity contribution is 6.34. The van der Waals surface area contributed by atoms with Crippen LogP contribution in [0.2, 0.25) is 5.02 Å². The van der Waals surface area contributed by atoms with Gasteiger partial charge in [0.2, 0.25) is 0 Å². The normalized spacial score (nSPS) is 11.0. The van der Waals surface area contributed by atoms with Gasteiger partial charge in [0.25, 0.3) is 5.91 Å². The van der Waals surface area contributed by atoms with Crippen molar-refractivity contribution in [3.05, 3.63) is 107 Å². The number of nitrogens with zero attached hydrogens (tertiary/aromatic N) is 1. The van der Waals surface area contributed by atoms with Crippen molar-refractivity contribution in [3.8, 4) is 34.1 Å². The Morgan fingerprint density at radius 1 is 0.884 bits per heavy atom. The highest BCUT2D eigenvalue weighted by Crippen LogP contribution is 2.44. The molecule has 4 aromatic carbocycles. The Hall–Kier alpha value is -5.28. The first-order chi connectivity index (χ1) is 20.9. The van der Waals surface area contributed by atoms with E-state index in [4.69, 9.17) is 30.5 Å². The summed E-state index contributed by atoms with van der Waals surface area (Å²) in [6, 6.07) is 24.4. The number of esters is 1. The van der Waals surface area contributed by atoms with Crippen molar-refractivity contribution in [2.24, 2.45) is 5.10 Å². The fourth-order valence-corrected chi connectivity index (χ4v) is 4.84. The Morgan fingerprint density at radius 3 is 2.30 bits per heavy atom. The minimum absolute atomic E-state index is 0.223. The lowest BCUT2D eigenvalue weighted by atomic mass is 10.0. The predicted molar refractivity (Wildman–Crippen MR) is 166 cm³/mol. The van der Waals surface area contributed by atoms with E-state index in [0.29, 0.717) is 62.0 Å². The smallest absolute Gasteiger partial charge is 0.343 e. The molecule has 0 bridgehead atoms. The second-order valence-electron chi connectivity index (χ2n) is 9.17. The van der Waals surface area contributed by atoms with Crippen LogP contribution >= 0.6 is 11.6 Å². The number of hydrogen-bond acceptors (Lipinski definition) is 7. The van der Waals surface area contributed by atoms with Gasteiger partial charge < -0.3 is 23.9 Å². The minimum atomic E-state index is -0.509. The molecule has 0 saturated carbocycles. The summed E-state index contributed by atoms with van der Waals surface area (Å²) in [5.41, 5.74) is 5.59. The van der Waals surface area contributed by atoms with Gasteiger partial charge in [-0.2, -0.15) is 5.10 Å². The second kappa shape index (κ2) is 13.1. The van der Waals surface area contributed by atoms with Gasteiger partial charge in [-0.3, -0.25) is 4.79 Å². The van der Waals surface area contributed by atoms with Crippen molar-refractivity contribution < 1.29 is 28.5 Å². The van der Waals surface area contributed by atoms with Crippen LogP contribution in [0, 0.1) is 0 Å². The molecule has 0 aliphatic carbocycles. The van der Waals surface area contributed by atoms with Gasteiger partial charge in [-0.05, 0) is 61.0 Å². The number of ether oxygens (including phenoxy) is 4.